The van der Waals surface area contributed by atoms with Gasteiger partial charge in [0.05, 0.1) is 51.7 Å². The maximum absolute atomic E-state index is 13.4. The van der Waals surface area contributed by atoms with Crippen molar-refractivity contribution < 1.29 is 72.0 Å². The van der Waals surface area contributed by atoms with Gasteiger partial charge in [-0.25, -0.2) is 4.79 Å². The molecule has 4 aromatic carbocycles. The van der Waals surface area contributed by atoms with Gasteiger partial charge in [0.2, 0.25) is 12.5 Å². The predicted molar refractivity (Wildman–Crippen MR) is 240 cm³/mol. The summed E-state index contributed by atoms with van der Waals surface area (Å²) in [6.07, 6.45) is -3.39. The highest BCUT2D eigenvalue weighted by Gasteiger charge is 2.54. The smallest absolute Gasteiger partial charge is 0.409 e. The standard InChI is InChI=1S/C30H34O13.C20H24N2O2/c1-14(32)37-10-17-6-16(33)7-25(42-17)43-28-19-9-22-21(40-13-41-22)8-18(19)26(27-20(28)11-38-30(27)34)15-4-23(35-2)29(39-12-31)24(5-15)36-3;1-21(2)12-13-22(3)20(23)24-14-19-17-10-6-4-8-15(17)16-9-5-7-11-18(16)19/h4-5,8-9,12,14,16-17,20,25-28,32-33H,6-7,10-11,13H2,1-3H3;4-11,19H,12-14H2,1-3H3/t14-,16?,17?,20?,25?,26?,27?,28?;/m0./s1. The van der Waals surface area contributed by atoms with Crippen LogP contribution in [0.3, 0.4) is 0 Å². The predicted octanol–water partition coefficient (Wildman–Crippen LogP) is 5.61. The van der Waals surface area contributed by atoms with Crippen LogP contribution in [0, 0.1) is 11.8 Å². The highest BCUT2D eigenvalue weighted by molar-refractivity contribution is 5.80. The molecular weight excluding hydrogens is 869 g/mol. The van der Waals surface area contributed by atoms with Crippen LogP contribution in [0.25, 0.3) is 11.1 Å². The number of benzene rings is 4. The molecule has 0 spiro atoms. The first-order chi connectivity index (χ1) is 32.4. The third-order valence-electron chi connectivity index (χ3n) is 12.8. The summed E-state index contributed by atoms with van der Waals surface area (Å²) in [7, 11) is 8.65. The molecule has 9 rings (SSSR count). The topological polar surface area (TPSA) is 190 Å². The van der Waals surface area contributed by atoms with Crippen LogP contribution in [0.2, 0.25) is 0 Å². The van der Waals surface area contributed by atoms with Crippen molar-refractivity contribution in [2.45, 2.75) is 62.5 Å². The lowest BCUT2D eigenvalue weighted by Gasteiger charge is -2.42. The van der Waals surface area contributed by atoms with E-state index in [2.05, 4.69) is 36.4 Å². The third-order valence-corrected chi connectivity index (χ3v) is 12.8. The van der Waals surface area contributed by atoms with Crippen LogP contribution in [-0.4, -0.2) is 138 Å². The van der Waals surface area contributed by atoms with Gasteiger partial charge in [-0.05, 0) is 84.2 Å². The van der Waals surface area contributed by atoms with E-state index in [1.54, 1.807) is 24.1 Å². The Morgan fingerprint density at radius 2 is 1.49 bits per heavy atom. The molecule has 2 aliphatic carbocycles. The van der Waals surface area contributed by atoms with Crippen molar-refractivity contribution in [2.75, 3.05) is 75.1 Å². The molecule has 0 bridgehead atoms. The van der Waals surface area contributed by atoms with E-state index < -0.39 is 54.6 Å². The molecule has 358 valence electrons. The first-order valence-corrected chi connectivity index (χ1v) is 22.3. The van der Waals surface area contributed by atoms with Crippen molar-refractivity contribution in [1.29, 1.82) is 0 Å². The lowest BCUT2D eigenvalue weighted by molar-refractivity contribution is -0.258. The van der Waals surface area contributed by atoms with Gasteiger partial charge in [0, 0.05) is 50.7 Å². The Bertz CT molecular complexity index is 2340. The average molecular weight is 927 g/mol. The van der Waals surface area contributed by atoms with Crippen molar-refractivity contribution in [1.82, 2.24) is 9.80 Å². The zero-order valence-electron chi connectivity index (χ0n) is 38.5. The van der Waals surface area contributed by atoms with Crippen molar-refractivity contribution in [3.63, 3.8) is 0 Å². The Balaban J connectivity index is 0.000000214. The van der Waals surface area contributed by atoms with E-state index in [4.69, 9.17) is 47.4 Å². The van der Waals surface area contributed by atoms with Gasteiger partial charge in [0.25, 0.3) is 6.47 Å². The van der Waals surface area contributed by atoms with Gasteiger partial charge < -0.3 is 67.4 Å². The Kier molecular flexibility index (Phi) is 14.8. The van der Waals surface area contributed by atoms with Gasteiger partial charge >= 0.3 is 12.1 Å². The van der Waals surface area contributed by atoms with Gasteiger partial charge in [0.15, 0.2) is 35.6 Å². The van der Waals surface area contributed by atoms with Gasteiger partial charge in [0.1, 0.15) is 6.61 Å². The van der Waals surface area contributed by atoms with Crippen LogP contribution in [0.1, 0.15) is 65.5 Å². The normalized spacial score (nSPS) is 23.7. The second-order valence-corrected chi connectivity index (χ2v) is 17.4. The van der Waals surface area contributed by atoms with Gasteiger partial charge in [-0.3, -0.25) is 9.59 Å². The summed E-state index contributed by atoms with van der Waals surface area (Å²) in [6.45, 7) is 3.86. The molecule has 2 saturated heterocycles. The number of carbonyl (C=O) groups excluding carboxylic acids is 3. The van der Waals surface area contributed by atoms with Crippen molar-refractivity contribution in [3.8, 4) is 39.9 Å². The number of hydrogen-bond donors (Lipinski definition) is 2. The van der Waals surface area contributed by atoms with E-state index in [1.165, 1.54) is 43.4 Å². The number of fused-ring (bicyclic) bond motifs is 6. The molecule has 4 aromatic rings. The molecule has 3 aliphatic heterocycles. The number of hydrogen-bond acceptors (Lipinski definition) is 16. The lowest BCUT2D eigenvalue weighted by atomic mass is 9.66. The minimum Gasteiger partial charge on any atom is -0.493 e. The summed E-state index contributed by atoms with van der Waals surface area (Å²) < 4.78 is 56.9. The molecular formula is C50H58N2O15. The zero-order valence-corrected chi connectivity index (χ0v) is 38.5. The third kappa shape index (κ3) is 10.2. The number of aliphatic hydroxyl groups is 2. The maximum Gasteiger partial charge on any atom is 0.409 e. The fourth-order valence-corrected chi connectivity index (χ4v) is 9.63. The Labute approximate surface area is 389 Å². The van der Waals surface area contributed by atoms with E-state index >= 15 is 0 Å². The maximum atomic E-state index is 13.4. The minimum atomic E-state index is -0.979. The average Bonchev–Trinajstić information content (AvgIpc) is 4.04. The molecule has 1 amide bonds. The van der Waals surface area contributed by atoms with Crippen molar-refractivity contribution in [3.05, 3.63) is 101 Å². The molecule has 8 atom stereocenters. The van der Waals surface area contributed by atoms with Crippen molar-refractivity contribution >= 4 is 18.5 Å². The second-order valence-electron chi connectivity index (χ2n) is 17.4. The van der Waals surface area contributed by atoms with Crippen LogP contribution in [0.4, 0.5) is 4.79 Å². The summed E-state index contributed by atoms with van der Waals surface area (Å²) in [5.74, 6) is -0.257. The Morgan fingerprint density at radius 3 is 2.10 bits per heavy atom. The minimum absolute atomic E-state index is 0.0472. The number of nitrogens with zero attached hydrogens (tertiary/aromatic N) is 2. The van der Waals surface area contributed by atoms with E-state index in [-0.39, 0.29) is 62.2 Å². The van der Waals surface area contributed by atoms with Crippen LogP contribution in [0.5, 0.6) is 28.7 Å². The van der Waals surface area contributed by atoms with Crippen molar-refractivity contribution in [2.24, 2.45) is 11.8 Å². The molecule has 5 aliphatic rings. The number of ether oxygens (including phenoxy) is 10. The number of cyclic esters (lactones) is 1. The fraction of sp³-hybridized carbons (Fsp3) is 0.460. The largest absolute Gasteiger partial charge is 0.493 e. The van der Waals surface area contributed by atoms with Crippen LogP contribution < -0.4 is 23.7 Å². The molecule has 7 unspecified atom stereocenters. The number of carbonyl (C=O) groups is 3. The molecule has 17 nitrogen and oxygen atoms in total. The summed E-state index contributed by atoms with van der Waals surface area (Å²) in [4.78, 5) is 40.5. The number of amides is 1. The fourth-order valence-electron chi connectivity index (χ4n) is 9.63. The van der Waals surface area contributed by atoms with E-state index in [9.17, 15) is 24.6 Å². The Morgan fingerprint density at radius 1 is 0.851 bits per heavy atom. The number of esters is 1. The lowest BCUT2D eigenvalue weighted by Crippen LogP contribution is -2.43. The first-order valence-electron chi connectivity index (χ1n) is 22.3. The second kappa shape index (κ2) is 20.9. The number of aliphatic hydroxyl groups excluding tert-OH is 2. The van der Waals surface area contributed by atoms with Gasteiger partial charge in [-0.1, -0.05) is 48.5 Å². The van der Waals surface area contributed by atoms with Crippen LogP contribution in [0.15, 0.2) is 72.8 Å². The van der Waals surface area contributed by atoms with Gasteiger partial charge in [-0.2, -0.15) is 0 Å². The highest BCUT2D eigenvalue weighted by Crippen LogP contribution is 2.57. The number of likely N-dealkylation sites (N-methyl/N-ethyl adjacent to an activating group) is 2. The summed E-state index contributed by atoms with van der Waals surface area (Å²) in [5.41, 5.74) is 7.13. The van der Waals surface area contributed by atoms with E-state index in [1.807, 2.05) is 43.3 Å². The summed E-state index contributed by atoms with van der Waals surface area (Å²) in [5, 5.41) is 20.1. The molecule has 3 heterocycles. The summed E-state index contributed by atoms with van der Waals surface area (Å²) >= 11 is 0. The molecule has 0 aromatic heterocycles. The zero-order chi connectivity index (χ0) is 47.4. The monoisotopic (exact) mass is 926 g/mol. The molecule has 0 radical (unpaired) electrons. The summed E-state index contributed by atoms with van der Waals surface area (Å²) in [6, 6.07) is 23.8. The number of methoxy groups -OCH3 is 2. The Hall–Kier alpha value is -5.95. The first kappa shape index (κ1) is 47.5. The quantitative estimate of drug-likeness (QED) is 0.0849. The van der Waals surface area contributed by atoms with E-state index in [0.717, 1.165) is 17.7 Å². The van der Waals surface area contributed by atoms with Gasteiger partial charge in [-0.15, -0.1) is 0 Å². The van der Waals surface area contributed by atoms with Crippen LogP contribution in [-0.2, 0) is 33.3 Å². The molecule has 2 N–H and O–H groups in total. The molecule has 2 fully saturated rings. The SMILES string of the molecule is CN(C)CCN(C)C(=O)OCC1c2ccccc2-c2ccccc21.COc1cc(C2c3cc4c(cc3C(OC3CC(O)CC(CO[C@@H](C)O)O3)C3COC(=O)C23)OCO4)cc(OC)c1OC=O. The molecule has 17 heteroatoms. The number of rotatable bonds is 15. The molecule has 0 saturated carbocycles. The van der Waals surface area contributed by atoms with Crippen LogP contribution >= 0.6 is 0 Å². The van der Waals surface area contributed by atoms with E-state index in [0.29, 0.717) is 36.6 Å². The highest BCUT2D eigenvalue weighted by atomic mass is 16.7. The molecule has 67 heavy (non-hydrogen) atoms.